The van der Waals surface area contributed by atoms with Gasteiger partial charge in [-0.05, 0) is 31.9 Å². The van der Waals surface area contributed by atoms with Crippen molar-refractivity contribution in [1.29, 1.82) is 0 Å². The first-order chi connectivity index (χ1) is 7.54. The molecule has 0 spiro atoms. The second-order valence-corrected chi connectivity index (χ2v) is 3.69. The Balaban J connectivity index is 3.00. The van der Waals surface area contributed by atoms with Crippen LogP contribution in [-0.2, 0) is 4.79 Å². The van der Waals surface area contributed by atoms with E-state index in [9.17, 15) is 9.90 Å². The Labute approximate surface area is 95.9 Å². The lowest BCUT2D eigenvalue weighted by molar-refractivity contribution is -0.112. The van der Waals surface area contributed by atoms with Crippen LogP contribution >= 0.6 is 0 Å². The van der Waals surface area contributed by atoms with E-state index < -0.39 is 0 Å². The maximum atomic E-state index is 10.8. The smallest absolute Gasteiger partial charge is 0.156 e. The van der Waals surface area contributed by atoms with Crippen LogP contribution in [0.25, 0.3) is 11.3 Å². The predicted octanol–water partition coefficient (Wildman–Crippen LogP) is 3.60. The van der Waals surface area contributed by atoms with Gasteiger partial charge in [-0.15, -0.1) is 0 Å². The average molecular weight is 216 g/mol. The minimum absolute atomic E-state index is 0.0113. The van der Waals surface area contributed by atoms with Crippen molar-refractivity contribution in [3.63, 3.8) is 0 Å². The standard InChI is InChI=1S/C14H16O2/c1-4-10(2)12-5-7-13(8-6-12)14(16)9-11(3)15/h4-9,16H,1-3H3. The Bertz CT molecular complexity index is 436. The summed E-state index contributed by atoms with van der Waals surface area (Å²) < 4.78 is 0. The lowest BCUT2D eigenvalue weighted by atomic mass is 10.0. The molecular weight excluding hydrogens is 200 g/mol. The molecule has 16 heavy (non-hydrogen) atoms. The molecule has 0 fully saturated rings. The van der Waals surface area contributed by atoms with Crippen molar-refractivity contribution in [1.82, 2.24) is 0 Å². The zero-order valence-corrected chi connectivity index (χ0v) is 9.82. The molecule has 0 bridgehead atoms. The molecule has 0 unspecified atom stereocenters. The summed E-state index contributed by atoms with van der Waals surface area (Å²) in [6.45, 7) is 5.42. The van der Waals surface area contributed by atoms with Gasteiger partial charge in [-0.2, -0.15) is 0 Å². The van der Waals surface area contributed by atoms with Gasteiger partial charge >= 0.3 is 0 Å². The van der Waals surface area contributed by atoms with Crippen molar-refractivity contribution in [3.05, 3.63) is 47.5 Å². The van der Waals surface area contributed by atoms with E-state index in [4.69, 9.17) is 0 Å². The van der Waals surface area contributed by atoms with Crippen LogP contribution in [0.5, 0.6) is 0 Å². The van der Waals surface area contributed by atoms with E-state index in [1.54, 1.807) is 12.1 Å². The monoisotopic (exact) mass is 216 g/mol. The van der Waals surface area contributed by atoms with Gasteiger partial charge < -0.3 is 5.11 Å². The minimum atomic E-state index is -0.161. The third kappa shape index (κ3) is 3.09. The predicted molar refractivity (Wildman–Crippen MR) is 67.1 cm³/mol. The van der Waals surface area contributed by atoms with Crippen LogP contribution in [-0.4, -0.2) is 10.9 Å². The summed E-state index contributed by atoms with van der Waals surface area (Å²) in [5.41, 5.74) is 2.95. The Kier molecular flexibility index (Phi) is 4.06. The Morgan fingerprint density at radius 3 is 2.06 bits per heavy atom. The highest BCUT2D eigenvalue weighted by Crippen LogP contribution is 2.17. The summed E-state index contributed by atoms with van der Waals surface area (Å²) in [6.07, 6.45) is 3.25. The molecule has 1 aromatic carbocycles. The van der Waals surface area contributed by atoms with Crippen LogP contribution in [0.15, 0.2) is 36.4 Å². The van der Waals surface area contributed by atoms with E-state index in [1.807, 2.05) is 32.1 Å². The van der Waals surface area contributed by atoms with Crippen molar-refractivity contribution in [3.8, 4) is 0 Å². The van der Waals surface area contributed by atoms with E-state index in [-0.39, 0.29) is 11.5 Å². The van der Waals surface area contributed by atoms with Gasteiger partial charge in [0.2, 0.25) is 0 Å². The third-order valence-electron chi connectivity index (χ3n) is 2.41. The summed E-state index contributed by atoms with van der Waals surface area (Å²) in [5.74, 6) is -0.150. The summed E-state index contributed by atoms with van der Waals surface area (Å²) in [4.78, 5) is 10.8. The van der Waals surface area contributed by atoms with Gasteiger partial charge in [0, 0.05) is 11.6 Å². The molecule has 0 saturated carbocycles. The van der Waals surface area contributed by atoms with Crippen LogP contribution in [0.2, 0.25) is 0 Å². The summed E-state index contributed by atoms with van der Waals surface area (Å²) in [5, 5.41) is 9.60. The fourth-order valence-corrected chi connectivity index (χ4v) is 1.35. The fraction of sp³-hybridized carbons (Fsp3) is 0.214. The van der Waals surface area contributed by atoms with Crippen LogP contribution in [0.3, 0.4) is 0 Å². The zero-order chi connectivity index (χ0) is 12.1. The molecule has 1 N–H and O–H groups in total. The highest BCUT2D eigenvalue weighted by atomic mass is 16.3. The number of rotatable bonds is 3. The quantitative estimate of drug-likeness (QED) is 0.619. The van der Waals surface area contributed by atoms with E-state index in [1.165, 1.54) is 18.6 Å². The second-order valence-electron chi connectivity index (χ2n) is 3.69. The van der Waals surface area contributed by atoms with Crippen molar-refractivity contribution in [2.75, 3.05) is 0 Å². The molecular formula is C14H16O2. The SMILES string of the molecule is CC=C(C)c1ccc(C(O)=CC(C)=O)cc1. The topological polar surface area (TPSA) is 37.3 Å². The molecule has 0 saturated heterocycles. The highest BCUT2D eigenvalue weighted by Gasteiger charge is 2.01. The fourth-order valence-electron chi connectivity index (χ4n) is 1.35. The number of ketones is 1. The van der Waals surface area contributed by atoms with E-state index >= 15 is 0 Å². The number of carbonyl (C=O) groups is 1. The summed E-state index contributed by atoms with van der Waals surface area (Å²) in [6, 6.07) is 7.46. The third-order valence-corrected chi connectivity index (χ3v) is 2.41. The van der Waals surface area contributed by atoms with Gasteiger partial charge in [-0.25, -0.2) is 0 Å². The molecule has 0 heterocycles. The Morgan fingerprint density at radius 2 is 1.62 bits per heavy atom. The number of aliphatic hydroxyl groups is 1. The molecule has 0 radical (unpaired) electrons. The van der Waals surface area contributed by atoms with E-state index in [0.29, 0.717) is 5.56 Å². The molecule has 1 aromatic rings. The largest absolute Gasteiger partial charge is 0.507 e. The van der Waals surface area contributed by atoms with Gasteiger partial charge in [-0.1, -0.05) is 30.3 Å². The molecule has 1 rings (SSSR count). The van der Waals surface area contributed by atoms with Crippen LogP contribution in [0.1, 0.15) is 31.9 Å². The molecule has 2 nitrogen and oxygen atoms in total. The van der Waals surface area contributed by atoms with Crippen molar-refractivity contribution in [2.24, 2.45) is 0 Å². The second kappa shape index (κ2) is 5.31. The Hall–Kier alpha value is -1.83. The number of aliphatic hydroxyl groups excluding tert-OH is 1. The van der Waals surface area contributed by atoms with Crippen molar-refractivity contribution < 1.29 is 9.90 Å². The number of hydrogen-bond acceptors (Lipinski definition) is 2. The van der Waals surface area contributed by atoms with Crippen LogP contribution < -0.4 is 0 Å². The first-order valence-corrected chi connectivity index (χ1v) is 5.19. The van der Waals surface area contributed by atoms with Gasteiger partial charge in [0.25, 0.3) is 0 Å². The number of allylic oxidation sites excluding steroid dienone is 3. The van der Waals surface area contributed by atoms with Gasteiger partial charge in [0.05, 0.1) is 0 Å². The minimum Gasteiger partial charge on any atom is -0.507 e. The molecule has 0 atom stereocenters. The average Bonchev–Trinajstić information content (AvgIpc) is 2.27. The van der Waals surface area contributed by atoms with Crippen LogP contribution in [0.4, 0.5) is 0 Å². The van der Waals surface area contributed by atoms with E-state index in [2.05, 4.69) is 0 Å². The molecule has 0 amide bonds. The van der Waals surface area contributed by atoms with Crippen molar-refractivity contribution in [2.45, 2.75) is 20.8 Å². The number of benzene rings is 1. The molecule has 0 aliphatic rings. The zero-order valence-electron chi connectivity index (χ0n) is 9.82. The summed E-state index contributed by atoms with van der Waals surface area (Å²) in [7, 11) is 0. The Morgan fingerprint density at radius 1 is 1.12 bits per heavy atom. The maximum absolute atomic E-state index is 10.8. The molecule has 2 heteroatoms. The lowest BCUT2D eigenvalue weighted by Gasteiger charge is -2.03. The van der Waals surface area contributed by atoms with Gasteiger partial charge in [-0.3, -0.25) is 4.79 Å². The van der Waals surface area contributed by atoms with E-state index in [0.717, 1.165) is 5.56 Å². The van der Waals surface area contributed by atoms with Crippen molar-refractivity contribution >= 4 is 17.1 Å². The normalized spacial score (nSPS) is 12.7. The van der Waals surface area contributed by atoms with Gasteiger partial charge in [0.15, 0.2) is 5.78 Å². The molecule has 0 aliphatic heterocycles. The highest BCUT2D eigenvalue weighted by molar-refractivity contribution is 5.93. The molecule has 84 valence electrons. The first kappa shape index (κ1) is 12.2. The lowest BCUT2D eigenvalue weighted by Crippen LogP contribution is -1.89. The number of carbonyl (C=O) groups excluding carboxylic acids is 1. The van der Waals surface area contributed by atoms with Crippen LogP contribution in [0, 0.1) is 0 Å². The molecule has 0 aliphatic carbocycles. The first-order valence-electron chi connectivity index (χ1n) is 5.19. The maximum Gasteiger partial charge on any atom is 0.156 e. The molecule has 0 aromatic heterocycles. The number of hydrogen-bond donors (Lipinski definition) is 1. The van der Waals surface area contributed by atoms with Gasteiger partial charge in [0.1, 0.15) is 5.76 Å². The summed E-state index contributed by atoms with van der Waals surface area (Å²) >= 11 is 0.